The highest BCUT2D eigenvalue weighted by Gasteiger charge is 2.25. The van der Waals surface area contributed by atoms with Crippen molar-refractivity contribution in [2.24, 2.45) is 0 Å². The predicted molar refractivity (Wildman–Crippen MR) is 89.3 cm³/mol. The van der Waals surface area contributed by atoms with Crippen molar-refractivity contribution in [3.05, 3.63) is 39.9 Å². The fourth-order valence-corrected chi connectivity index (χ4v) is 3.37. The Balaban J connectivity index is 1.91. The summed E-state index contributed by atoms with van der Waals surface area (Å²) in [5, 5.41) is 12.6. The Morgan fingerprint density at radius 3 is 2.46 bits per heavy atom. The number of carbonyl (C=O) groups is 1. The molecule has 2 aromatic rings. The number of pyridine rings is 1. The van der Waals surface area contributed by atoms with Crippen LogP contribution in [0, 0.1) is 5.82 Å². The van der Waals surface area contributed by atoms with Crippen LogP contribution < -0.4 is 10.7 Å². The average Bonchev–Trinajstić information content (AvgIpc) is 2.44. The van der Waals surface area contributed by atoms with Crippen LogP contribution in [0.5, 0.6) is 0 Å². The summed E-state index contributed by atoms with van der Waals surface area (Å²) in [6.45, 7) is 0. The van der Waals surface area contributed by atoms with Gasteiger partial charge in [-0.3, -0.25) is 4.79 Å². The maximum atomic E-state index is 14.4. The molecule has 0 radical (unpaired) electrons. The van der Waals surface area contributed by atoms with Crippen LogP contribution in [-0.4, -0.2) is 21.7 Å². The Kier molecular flexibility index (Phi) is 3.55. The fraction of sp³-hybridized carbons (Fsp3) is 0.444. The minimum Gasteiger partial charge on any atom is -0.477 e. The molecule has 0 unspecified atom stereocenters. The van der Waals surface area contributed by atoms with E-state index in [0.717, 1.165) is 38.5 Å². The van der Waals surface area contributed by atoms with Gasteiger partial charge in [0.2, 0.25) is 5.43 Å². The lowest BCUT2D eigenvalue weighted by molar-refractivity contribution is 0.0694. The number of halogens is 1. The Morgan fingerprint density at radius 2 is 1.92 bits per heavy atom. The van der Waals surface area contributed by atoms with Gasteiger partial charge in [0.05, 0.1) is 11.2 Å². The zero-order chi connectivity index (χ0) is 16.8. The van der Waals surface area contributed by atoms with Crippen molar-refractivity contribution >= 4 is 22.6 Å². The summed E-state index contributed by atoms with van der Waals surface area (Å²) >= 11 is 0. The van der Waals surface area contributed by atoms with Crippen molar-refractivity contribution < 1.29 is 14.3 Å². The molecule has 2 aliphatic carbocycles. The van der Waals surface area contributed by atoms with Crippen molar-refractivity contribution in [3.63, 3.8) is 0 Å². The van der Waals surface area contributed by atoms with E-state index in [4.69, 9.17) is 0 Å². The van der Waals surface area contributed by atoms with Gasteiger partial charge in [-0.25, -0.2) is 9.18 Å². The smallest absolute Gasteiger partial charge is 0.341 e. The summed E-state index contributed by atoms with van der Waals surface area (Å²) in [6.07, 6.45) is 7.56. The highest BCUT2D eigenvalue weighted by atomic mass is 19.1. The van der Waals surface area contributed by atoms with Gasteiger partial charge in [-0.1, -0.05) is 0 Å². The van der Waals surface area contributed by atoms with E-state index in [1.165, 1.54) is 12.3 Å². The van der Waals surface area contributed by atoms with Crippen molar-refractivity contribution in [3.8, 4) is 0 Å². The monoisotopic (exact) mass is 330 g/mol. The highest BCUT2D eigenvalue weighted by molar-refractivity contribution is 5.93. The van der Waals surface area contributed by atoms with Crippen LogP contribution in [0.2, 0.25) is 0 Å². The second kappa shape index (κ2) is 5.61. The molecule has 1 aromatic carbocycles. The molecule has 0 aliphatic heterocycles. The Morgan fingerprint density at radius 1 is 1.21 bits per heavy atom. The van der Waals surface area contributed by atoms with Gasteiger partial charge in [-0.05, 0) is 50.7 Å². The van der Waals surface area contributed by atoms with Gasteiger partial charge >= 0.3 is 5.97 Å². The normalized spacial score (nSPS) is 18.2. The summed E-state index contributed by atoms with van der Waals surface area (Å²) in [6, 6.07) is 3.29. The molecule has 1 aromatic heterocycles. The van der Waals surface area contributed by atoms with Crippen molar-refractivity contribution in [2.75, 3.05) is 5.32 Å². The van der Waals surface area contributed by atoms with E-state index in [9.17, 15) is 19.1 Å². The molecular weight excluding hydrogens is 311 g/mol. The molecule has 126 valence electrons. The van der Waals surface area contributed by atoms with E-state index in [-0.39, 0.29) is 23.0 Å². The first-order valence-corrected chi connectivity index (χ1v) is 8.43. The number of benzene rings is 1. The molecule has 2 fully saturated rings. The molecule has 6 heteroatoms. The quantitative estimate of drug-likeness (QED) is 0.899. The van der Waals surface area contributed by atoms with E-state index in [2.05, 4.69) is 5.32 Å². The molecule has 2 N–H and O–H groups in total. The molecule has 1 heterocycles. The number of aromatic nitrogens is 1. The number of nitrogens with one attached hydrogen (secondary N) is 1. The highest BCUT2D eigenvalue weighted by Crippen LogP contribution is 2.35. The first kappa shape index (κ1) is 15.2. The molecule has 0 amide bonds. The van der Waals surface area contributed by atoms with Gasteiger partial charge in [-0.15, -0.1) is 0 Å². The largest absolute Gasteiger partial charge is 0.477 e. The number of hydrogen-bond donors (Lipinski definition) is 2. The van der Waals surface area contributed by atoms with E-state index >= 15 is 0 Å². The van der Waals surface area contributed by atoms with Crippen molar-refractivity contribution in [2.45, 2.75) is 50.6 Å². The lowest BCUT2D eigenvalue weighted by Gasteiger charge is -2.31. The van der Waals surface area contributed by atoms with Gasteiger partial charge in [0.1, 0.15) is 11.4 Å². The zero-order valence-electron chi connectivity index (χ0n) is 13.2. The van der Waals surface area contributed by atoms with Gasteiger partial charge in [-0.2, -0.15) is 0 Å². The third kappa shape index (κ3) is 2.37. The lowest BCUT2D eigenvalue weighted by Crippen LogP contribution is -2.28. The number of fused-ring (bicyclic) bond motifs is 1. The van der Waals surface area contributed by atoms with Crippen LogP contribution in [-0.2, 0) is 0 Å². The number of carboxylic acid groups (broad SMARTS) is 1. The van der Waals surface area contributed by atoms with Crippen molar-refractivity contribution in [1.82, 2.24) is 4.57 Å². The van der Waals surface area contributed by atoms with Crippen LogP contribution >= 0.6 is 0 Å². The minimum absolute atomic E-state index is 0.137. The van der Waals surface area contributed by atoms with Crippen LogP contribution in [0.25, 0.3) is 10.9 Å². The molecule has 0 atom stereocenters. The van der Waals surface area contributed by atoms with Crippen LogP contribution in [0.4, 0.5) is 10.1 Å². The molecule has 2 aliphatic rings. The third-order valence-corrected chi connectivity index (χ3v) is 5.28. The number of rotatable bonds is 4. The van der Waals surface area contributed by atoms with Crippen LogP contribution in [0.1, 0.15) is 54.9 Å². The molecule has 2 saturated carbocycles. The molecule has 4 rings (SSSR count). The molecular formula is C18H19FN2O3. The van der Waals surface area contributed by atoms with Crippen molar-refractivity contribution in [1.29, 1.82) is 0 Å². The van der Waals surface area contributed by atoms with E-state index in [1.807, 2.05) is 4.57 Å². The number of carboxylic acids is 1. The van der Waals surface area contributed by atoms with E-state index in [1.54, 1.807) is 6.07 Å². The molecule has 0 bridgehead atoms. The summed E-state index contributed by atoms with van der Waals surface area (Å²) in [5.41, 5.74) is 0.0799. The Hall–Kier alpha value is -2.37. The standard InChI is InChI=1S/C18H19FN2O3/c19-14-7-12-16(8-15(14)20-10-3-1-4-10)21(11-5-2-6-11)9-13(17(12)22)18(23)24/h7-11,20H,1-6H2,(H,23,24). The van der Waals surface area contributed by atoms with E-state index in [0.29, 0.717) is 11.2 Å². The fourth-order valence-electron chi connectivity index (χ4n) is 3.37. The topological polar surface area (TPSA) is 71.3 Å². The maximum Gasteiger partial charge on any atom is 0.341 e. The number of anilines is 1. The lowest BCUT2D eigenvalue weighted by atomic mass is 9.91. The Bertz CT molecular complexity index is 882. The van der Waals surface area contributed by atoms with Gasteiger partial charge < -0.3 is 15.0 Å². The van der Waals surface area contributed by atoms with E-state index < -0.39 is 17.2 Å². The number of aromatic carboxylic acids is 1. The number of hydrogen-bond acceptors (Lipinski definition) is 3. The molecule has 0 spiro atoms. The molecule has 0 saturated heterocycles. The van der Waals surface area contributed by atoms with Crippen LogP contribution in [0.3, 0.4) is 0 Å². The molecule has 24 heavy (non-hydrogen) atoms. The summed E-state index contributed by atoms with van der Waals surface area (Å²) in [4.78, 5) is 23.8. The van der Waals surface area contributed by atoms with Gasteiger partial charge in [0, 0.05) is 23.7 Å². The molecule has 5 nitrogen and oxygen atoms in total. The minimum atomic E-state index is -1.27. The van der Waals surface area contributed by atoms with Crippen LogP contribution in [0.15, 0.2) is 23.1 Å². The second-order valence-electron chi connectivity index (χ2n) is 6.79. The van der Waals surface area contributed by atoms with Gasteiger partial charge in [0.15, 0.2) is 0 Å². The Labute approximate surface area is 138 Å². The summed E-state index contributed by atoms with van der Waals surface area (Å²) in [5.74, 6) is -1.78. The second-order valence-corrected chi connectivity index (χ2v) is 6.79. The SMILES string of the molecule is O=C(O)c1cn(C2CCC2)c2cc(NC3CCC3)c(F)cc2c1=O. The third-order valence-electron chi connectivity index (χ3n) is 5.28. The predicted octanol–water partition coefficient (Wildman–Crippen LogP) is 3.53. The summed E-state index contributed by atoms with van der Waals surface area (Å²) in [7, 11) is 0. The first-order chi connectivity index (χ1) is 11.5. The average molecular weight is 330 g/mol. The van der Waals surface area contributed by atoms with Gasteiger partial charge in [0.25, 0.3) is 0 Å². The maximum absolute atomic E-state index is 14.4. The number of nitrogens with zero attached hydrogens (tertiary/aromatic N) is 1. The first-order valence-electron chi connectivity index (χ1n) is 8.43. The summed E-state index contributed by atoms with van der Waals surface area (Å²) < 4.78 is 16.3. The zero-order valence-corrected chi connectivity index (χ0v) is 13.2.